The van der Waals surface area contributed by atoms with Gasteiger partial charge < -0.3 is 15.2 Å². The molecule has 0 spiro atoms. The van der Waals surface area contributed by atoms with Crippen LogP contribution < -0.4 is 10.2 Å². The van der Waals surface area contributed by atoms with E-state index in [9.17, 15) is 36.2 Å². The molecule has 1 rings (SSSR count). The van der Waals surface area contributed by atoms with Crippen LogP contribution in [0, 0.1) is 0 Å². The first-order valence-electron chi connectivity index (χ1n) is 7.99. The van der Waals surface area contributed by atoms with Crippen LogP contribution >= 0.6 is 0 Å². The zero-order chi connectivity index (χ0) is 20.9. The van der Waals surface area contributed by atoms with E-state index >= 15 is 0 Å². The van der Waals surface area contributed by atoms with E-state index in [4.69, 9.17) is 4.74 Å². The Morgan fingerprint density at radius 2 is 1.59 bits per heavy atom. The minimum absolute atomic E-state index is 0.0296. The van der Waals surface area contributed by atoms with Gasteiger partial charge in [0.05, 0.1) is 13.2 Å². The number of aliphatic hydroxyl groups is 1. The number of halogens is 6. The Kier molecular flexibility index (Phi) is 7.49. The number of carbonyl (C=O) groups excluding carboxylic acids is 1. The van der Waals surface area contributed by atoms with Crippen molar-refractivity contribution in [1.82, 2.24) is 5.32 Å². The number of anilines is 1. The highest BCUT2D eigenvalue weighted by molar-refractivity contribution is 5.91. The Balaban J connectivity index is 3.24. The number of benzene rings is 1. The van der Waals surface area contributed by atoms with Crippen molar-refractivity contribution in [3.63, 3.8) is 0 Å². The van der Waals surface area contributed by atoms with Gasteiger partial charge in [0.1, 0.15) is 0 Å². The molecule has 0 aliphatic heterocycles. The highest BCUT2D eigenvalue weighted by atomic mass is 19.4. The van der Waals surface area contributed by atoms with E-state index in [1.165, 1.54) is 0 Å². The molecule has 2 N–H and O–H groups in total. The summed E-state index contributed by atoms with van der Waals surface area (Å²) in [6.45, 7) is 4.15. The van der Waals surface area contributed by atoms with Gasteiger partial charge in [-0.3, -0.25) is 4.90 Å². The second-order valence-electron chi connectivity index (χ2n) is 5.44. The first kappa shape index (κ1) is 23.0. The molecule has 0 saturated carbocycles. The first-order chi connectivity index (χ1) is 12.4. The predicted molar refractivity (Wildman–Crippen MR) is 85.4 cm³/mol. The van der Waals surface area contributed by atoms with Gasteiger partial charge in [-0.05, 0) is 26.0 Å². The van der Waals surface area contributed by atoms with E-state index in [1.54, 1.807) is 13.8 Å². The average Bonchev–Trinajstić information content (AvgIpc) is 2.56. The van der Waals surface area contributed by atoms with Crippen LogP contribution in [0.25, 0.3) is 0 Å². The molecule has 5 nitrogen and oxygen atoms in total. The first-order valence-corrected chi connectivity index (χ1v) is 7.99. The Hall–Kier alpha value is -2.01. The fourth-order valence-electron chi connectivity index (χ4n) is 2.27. The van der Waals surface area contributed by atoms with Gasteiger partial charge in [0.15, 0.2) is 0 Å². The van der Waals surface area contributed by atoms with Crippen LogP contribution in [0.2, 0.25) is 0 Å². The Morgan fingerprint density at radius 3 is 2.00 bits per heavy atom. The summed E-state index contributed by atoms with van der Waals surface area (Å²) in [4.78, 5) is 13.2. The molecular formula is C16H20F6N2O3. The molecule has 0 atom stereocenters. The summed E-state index contributed by atoms with van der Waals surface area (Å²) in [6, 6.07) is 2.19. The quantitative estimate of drug-likeness (QED) is 0.542. The topological polar surface area (TPSA) is 61.8 Å². The van der Waals surface area contributed by atoms with Crippen LogP contribution in [0.5, 0.6) is 0 Å². The zero-order valence-electron chi connectivity index (χ0n) is 14.6. The number of alkyl halides is 6. The number of nitrogens with one attached hydrogen (secondary N) is 1. The lowest BCUT2D eigenvalue weighted by molar-refractivity contribution is -0.376. The zero-order valence-corrected chi connectivity index (χ0v) is 14.6. The summed E-state index contributed by atoms with van der Waals surface area (Å²) in [7, 11) is 0. The number of amides is 2. The third-order valence-corrected chi connectivity index (χ3v) is 3.65. The van der Waals surface area contributed by atoms with Gasteiger partial charge in [-0.15, -0.1) is 0 Å². The van der Waals surface area contributed by atoms with Crippen molar-refractivity contribution in [2.45, 2.75) is 31.8 Å². The van der Waals surface area contributed by atoms with Crippen molar-refractivity contribution in [3.05, 3.63) is 29.8 Å². The summed E-state index contributed by atoms with van der Waals surface area (Å²) in [5.74, 6) is 0. The molecular weight excluding hydrogens is 382 g/mol. The predicted octanol–water partition coefficient (Wildman–Crippen LogP) is 3.57. The summed E-state index contributed by atoms with van der Waals surface area (Å²) in [5, 5.41) is 11.9. The smallest absolute Gasteiger partial charge is 0.380 e. The summed E-state index contributed by atoms with van der Waals surface area (Å²) in [5.41, 5.74) is -6.36. The number of nitrogens with zero attached hydrogens (tertiary/aromatic N) is 1. The Morgan fingerprint density at radius 1 is 1.07 bits per heavy atom. The highest BCUT2D eigenvalue weighted by Crippen LogP contribution is 2.50. The molecule has 2 amide bonds. The van der Waals surface area contributed by atoms with Crippen molar-refractivity contribution < 1.29 is 41.0 Å². The van der Waals surface area contributed by atoms with Crippen molar-refractivity contribution in [2.24, 2.45) is 0 Å². The lowest BCUT2D eigenvalue weighted by atomic mass is 9.92. The van der Waals surface area contributed by atoms with Crippen LogP contribution in [0.4, 0.5) is 36.8 Å². The maximum absolute atomic E-state index is 12.9. The minimum Gasteiger partial charge on any atom is -0.380 e. The van der Waals surface area contributed by atoms with Gasteiger partial charge in [-0.2, -0.15) is 26.3 Å². The monoisotopic (exact) mass is 402 g/mol. The third-order valence-electron chi connectivity index (χ3n) is 3.65. The molecule has 0 bridgehead atoms. The molecule has 0 fully saturated rings. The van der Waals surface area contributed by atoms with E-state index in [0.29, 0.717) is 18.7 Å². The van der Waals surface area contributed by atoms with Crippen LogP contribution in [0.15, 0.2) is 24.3 Å². The SMILES string of the molecule is CCNC(=O)N(CCOCC)c1ccc(C(O)(C(F)(F)F)C(F)(F)F)cc1. The fraction of sp³-hybridized carbons (Fsp3) is 0.562. The third kappa shape index (κ3) is 5.04. The van der Waals surface area contributed by atoms with Crippen LogP contribution in [-0.2, 0) is 10.3 Å². The van der Waals surface area contributed by atoms with E-state index in [0.717, 1.165) is 17.0 Å². The second-order valence-corrected chi connectivity index (χ2v) is 5.44. The van der Waals surface area contributed by atoms with Crippen molar-refractivity contribution in [2.75, 3.05) is 31.2 Å². The van der Waals surface area contributed by atoms with Gasteiger partial charge in [-0.1, -0.05) is 12.1 Å². The molecule has 11 heteroatoms. The lowest BCUT2D eigenvalue weighted by Gasteiger charge is -2.33. The van der Waals surface area contributed by atoms with Gasteiger partial charge in [0, 0.05) is 24.4 Å². The molecule has 1 aromatic carbocycles. The molecule has 1 aromatic rings. The second kappa shape index (κ2) is 8.79. The molecule has 0 radical (unpaired) electrons. The van der Waals surface area contributed by atoms with E-state index in [1.807, 2.05) is 0 Å². The summed E-state index contributed by atoms with van der Waals surface area (Å²) in [6.07, 6.45) is -11.9. The molecule has 0 aliphatic carbocycles. The number of rotatable bonds is 7. The van der Waals surface area contributed by atoms with E-state index < -0.39 is 29.5 Å². The summed E-state index contributed by atoms with van der Waals surface area (Å²) >= 11 is 0. The van der Waals surface area contributed by atoms with Gasteiger partial charge >= 0.3 is 18.4 Å². The molecule has 0 unspecified atom stereocenters. The molecule has 0 saturated heterocycles. The number of hydrogen-bond donors (Lipinski definition) is 2. The molecule has 154 valence electrons. The number of urea groups is 1. The molecule has 27 heavy (non-hydrogen) atoms. The Bertz CT molecular complexity index is 602. The van der Waals surface area contributed by atoms with Crippen molar-refractivity contribution in [3.8, 4) is 0 Å². The van der Waals surface area contributed by atoms with Gasteiger partial charge in [-0.25, -0.2) is 4.79 Å². The molecule has 0 aliphatic rings. The maximum atomic E-state index is 12.9. The van der Waals surface area contributed by atoms with Crippen LogP contribution in [0.3, 0.4) is 0 Å². The Labute approximate surface area is 151 Å². The lowest BCUT2D eigenvalue weighted by Crippen LogP contribution is -2.53. The normalized spacial score (nSPS) is 12.8. The average molecular weight is 402 g/mol. The van der Waals surface area contributed by atoms with Gasteiger partial charge in [0.2, 0.25) is 0 Å². The van der Waals surface area contributed by atoms with E-state index in [2.05, 4.69) is 5.32 Å². The largest absolute Gasteiger partial charge is 0.430 e. The molecule has 0 heterocycles. The highest BCUT2D eigenvalue weighted by Gasteiger charge is 2.71. The molecule has 0 aromatic heterocycles. The number of hydrogen-bond acceptors (Lipinski definition) is 3. The van der Waals surface area contributed by atoms with Crippen LogP contribution in [0.1, 0.15) is 19.4 Å². The fourth-order valence-corrected chi connectivity index (χ4v) is 2.27. The summed E-state index contributed by atoms with van der Waals surface area (Å²) < 4.78 is 82.6. The standard InChI is InChI=1S/C16H20F6N2O3/c1-3-23-13(25)24(9-10-27-4-2)12-7-5-11(6-8-12)14(26,15(17,18)19)16(20,21)22/h5-8,26H,3-4,9-10H2,1-2H3,(H,23,25). The van der Waals surface area contributed by atoms with Gasteiger partial charge in [0.25, 0.3) is 5.60 Å². The van der Waals surface area contributed by atoms with Crippen LogP contribution in [-0.4, -0.2) is 49.8 Å². The minimum atomic E-state index is -5.97. The number of carbonyl (C=O) groups is 1. The van der Waals surface area contributed by atoms with Crippen molar-refractivity contribution >= 4 is 11.7 Å². The maximum Gasteiger partial charge on any atom is 0.430 e. The number of ether oxygens (including phenoxy) is 1. The van der Waals surface area contributed by atoms with E-state index in [-0.39, 0.29) is 25.4 Å². The van der Waals surface area contributed by atoms with Crippen molar-refractivity contribution in [1.29, 1.82) is 0 Å².